The number of benzene rings is 1. The van der Waals surface area contributed by atoms with Crippen molar-refractivity contribution in [2.24, 2.45) is 0 Å². The molecule has 0 unspecified atom stereocenters. The van der Waals surface area contributed by atoms with E-state index in [-0.39, 0.29) is 0 Å². The number of aromatic nitrogens is 3. The number of nitrogens with zero attached hydrogens (tertiary/aromatic N) is 5. The van der Waals surface area contributed by atoms with E-state index in [0.29, 0.717) is 12.5 Å². The average molecular weight is 372 g/mol. The highest BCUT2D eigenvalue weighted by Gasteiger charge is 2.07. The van der Waals surface area contributed by atoms with Crippen LogP contribution in [0.15, 0.2) is 47.2 Å². The molecular weight excluding hydrogens is 354 g/mol. The second-order valence-corrected chi connectivity index (χ2v) is 6.56. The Balaban J connectivity index is 1.79. The largest absolute Gasteiger partial charge is 0.355 e. The molecule has 0 N–H and O–H groups in total. The minimum absolute atomic E-state index is 0.711. The van der Waals surface area contributed by atoms with Gasteiger partial charge in [0.25, 0.3) is 0 Å². The fourth-order valence-electron chi connectivity index (χ4n) is 2.31. The maximum atomic E-state index is 4.71. The van der Waals surface area contributed by atoms with Crippen molar-refractivity contribution in [2.75, 3.05) is 30.9 Å². The van der Waals surface area contributed by atoms with Gasteiger partial charge in [0, 0.05) is 55.5 Å². The smallest absolute Gasteiger partial charge is 0.224 e. The summed E-state index contributed by atoms with van der Waals surface area (Å²) in [5.41, 5.74) is 2.03. The molecule has 5 nitrogen and oxygen atoms in total. The first-order chi connectivity index (χ1) is 11.0. The SMILES string of the molecule is CN(C)c1ncc(CN(C)c2ccc3cc(Br)ccc3n2)cn1. The number of hydrogen-bond acceptors (Lipinski definition) is 5. The van der Waals surface area contributed by atoms with E-state index >= 15 is 0 Å². The Hall–Kier alpha value is -2.21. The third kappa shape index (κ3) is 3.59. The first kappa shape index (κ1) is 15.7. The molecule has 1 aromatic carbocycles. The predicted molar refractivity (Wildman–Crippen MR) is 97.9 cm³/mol. The predicted octanol–water partition coefficient (Wildman–Crippen LogP) is 3.49. The normalized spacial score (nSPS) is 10.8. The Morgan fingerprint density at radius 1 is 1.00 bits per heavy atom. The highest BCUT2D eigenvalue weighted by atomic mass is 79.9. The number of hydrogen-bond donors (Lipinski definition) is 0. The third-order valence-electron chi connectivity index (χ3n) is 3.54. The van der Waals surface area contributed by atoms with Crippen LogP contribution in [0.1, 0.15) is 5.56 Å². The Morgan fingerprint density at radius 3 is 2.43 bits per heavy atom. The lowest BCUT2D eigenvalue weighted by atomic mass is 10.2. The van der Waals surface area contributed by atoms with Crippen LogP contribution in [0.4, 0.5) is 11.8 Å². The van der Waals surface area contributed by atoms with Gasteiger partial charge in [-0.3, -0.25) is 0 Å². The molecule has 0 aliphatic rings. The fourth-order valence-corrected chi connectivity index (χ4v) is 2.69. The van der Waals surface area contributed by atoms with Crippen molar-refractivity contribution in [2.45, 2.75) is 6.54 Å². The van der Waals surface area contributed by atoms with Gasteiger partial charge in [-0.15, -0.1) is 0 Å². The van der Waals surface area contributed by atoms with Crippen molar-refractivity contribution >= 4 is 38.6 Å². The van der Waals surface area contributed by atoms with Gasteiger partial charge in [0.2, 0.25) is 5.95 Å². The number of pyridine rings is 1. The summed E-state index contributed by atoms with van der Waals surface area (Å²) in [5.74, 6) is 1.64. The second kappa shape index (κ2) is 6.50. The molecule has 0 atom stereocenters. The number of anilines is 2. The molecule has 0 aliphatic heterocycles. The first-order valence-electron chi connectivity index (χ1n) is 7.28. The van der Waals surface area contributed by atoms with E-state index in [4.69, 9.17) is 4.98 Å². The van der Waals surface area contributed by atoms with E-state index < -0.39 is 0 Å². The highest BCUT2D eigenvalue weighted by molar-refractivity contribution is 9.10. The second-order valence-electron chi connectivity index (χ2n) is 5.65. The molecule has 3 aromatic rings. The fraction of sp³-hybridized carbons (Fsp3) is 0.235. The molecule has 118 valence electrons. The summed E-state index contributed by atoms with van der Waals surface area (Å²) in [7, 11) is 5.88. The molecule has 0 amide bonds. The average Bonchev–Trinajstić information content (AvgIpc) is 2.54. The van der Waals surface area contributed by atoms with Gasteiger partial charge in [-0.05, 0) is 30.3 Å². The van der Waals surface area contributed by atoms with E-state index in [1.165, 1.54) is 0 Å². The van der Waals surface area contributed by atoms with Crippen LogP contribution in [0.3, 0.4) is 0 Å². The van der Waals surface area contributed by atoms with Crippen LogP contribution >= 0.6 is 15.9 Å². The van der Waals surface area contributed by atoms with Crippen molar-refractivity contribution in [3.63, 3.8) is 0 Å². The highest BCUT2D eigenvalue weighted by Crippen LogP contribution is 2.22. The molecule has 2 heterocycles. The molecule has 6 heteroatoms. The molecule has 23 heavy (non-hydrogen) atoms. The zero-order chi connectivity index (χ0) is 16.4. The Labute approximate surface area is 144 Å². The molecule has 3 rings (SSSR count). The topological polar surface area (TPSA) is 45.2 Å². The molecule has 0 saturated carbocycles. The standard InChI is InChI=1S/C17H18BrN5/c1-22(2)17-19-9-12(10-20-17)11-23(3)16-7-4-13-8-14(18)5-6-15(13)21-16/h4-10H,11H2,1-3H3. The summed E-state index contributed by atoms with van der Waals surface area (Å²) in [6.45, 7) is 0.711. The molecule has 0 bridgehead atoms. The minimum Gasteiger partial charge on any atom is -0.355 e. The maximum Gasteiger partial charge on any atom is 0.224 e. The van der Waals surface area contributed by atoms with Gasteiger partial charge in [0.05, 0.1) is 5.52 Å². The number of rotatable bonds is 4. The molecule has 0 spiro atoms. The van der Waals surface area contributed by atoms with Crippen molar-refractivity contribution in [1.82, 2.24) is 15.0 Å². The van der Waals surface area contributed by atoms with Crippen LogP contribution in [0, 0.1) is 0 Å². The van der Waals surface area contributed by atoms with Crippen LogP contribution in [0.2, 0.25) is 0 Å². The quantitative estimate of drug-likeness (QED) is 0.702. The van der Waals surface area contributed by atoms with Crippen LogP contribution in [0.5, 0.6) is 0 Å². The number of fused-ring (bicyclic) bond motifs is 1. The van der Waals surface area contributed by atoms with Gasteiger partial charge >= 0.3 is 0 Å². The van der Waals surface area contributed by atoms with Gasteiger partial charge in [0.15, 0.2) is 0 Å². The zero-order valence-corrected chi connectivity index (χ0v) is 14.9. The van der Waals surface area contributed by atoms with E-state index in [1.807, 2.05) is 56.6 Å². The van der Waals surface area contributed by atoms with E-state index in [0.717, 1.165) is 26.8 Å². The summed E-state index contributed by atoms with van der Waals surface area (Å²) in [5, 5.41) is 1.12. The van der Waals surface area contributed by atoms with Gasteiger partial charge < -0.3 is 9.80 Å². The zero-order valence-electron chi connectivity index (χ0n) is 13.4. The molecular formula is C17H18BrN5. The molecule has 0 radical (unpaired) electrons. The Morgan fingerprint density at radius 2 is 1.74 bits per heavy atom. The Kier molecular flexibility index (Phi) is 4.43. The van der Waals surface area contributed by atoms with Gasteiger partial charge in [-0.1, -0.05) is 15.9 Å². The van der Waals surface area contributed by atoms with Gasteiger partial charge in [-0.25, -0.2) is 15.0 Å². The van der Waals surface area contributed by atoms with Crippen LogP contribution in [-0.4, -0.2) is 36.1 Å². The lowest BCUT2D eigenvalue weighted by Gasteiger charge is -2.19. The summed E-state index contributed by atoms with van der Waals surface area (Å²) in [4.78, 5) is 17.4. The molecule has 0 saturated heterocycles. The van der Waals surface area contributed by atoms with Crippen molar-refractivity contribution < 1.29 is 0 Å². The summed E-state index contributed by atoms with van der Waals surface area (Å²) < 4.78 is 1.06. The number of halogens is 1. The maximum absolute atomic E-state index is 4.71. The van der Waals surface area contributed by atoms with Crippen molar-refractivity contribution in [1.29, 1.82) is 0 Å². The summed E-state index contributed by atoms with van der Waals surface area (Å²) in [6, 6.07) is 10.2. The lowest BCUT2D eigenvalue weighted by molar-refractivity contribution is 0.878. The minimum atomic E-state index is 0.711. The van der Waals surface area contributed by atoms with Crippen LogP contribution in [-0.2, 0) is 6.54 Å². The Bertz CT molecular complexity index is 817. The first-order valence-corrected chi connectivity index (χ1v) is 8.08. The molecule has 2 aromatic heterocycles. The van der Waals surface area contributed by atoms with Gasteiger partial charge in [0.1, 0.15) is 5.82 Å². The lowest BCUT2D eigenvalue weighted by Crippen LogP contribution is -2.18. The molecule has 0 fully saturated rings. The van der Waals surface area contributed by atoms with Gasteiger partial charge in [-0.2, -0.15) is 0 Å². The van der Waals surface area contributed by atoms with Crippen LogP contribution < -0.4 is 9.80 Å². The third-order valence-corrected chi connectivity index (χ3v) is 4.03. The summed E-state index contributed by atoms with van der Waals surface area (Å²) in [6.07, 6.45) is 3.72. The summed E-state index contributed by atoms with van der Waals surface area (Å²) >= 11 is 3.48. The van der Waals surface area contributed by atoms with E-state index in [2.05, 4.69) is 42.9 Å². The van der Waals surface area contributed by atoms with Crippen LogP contribution in [0.25, 0.3) is 10.9 Å². The van der Waals surface area contributed by atoms with Crippen molar-refractivity contribution in [3.8, 4) is 0 Å². The monoisotopic (exact) mass is 371 g/mol. The molecule has 0 aliphatic carbocycles. The van der Waals surface area contributed by atoms with E-state index in [9.17, 15) is 0 Å². The van der Waals surface area contributed by atoms with Crippen molar-refractivity contribution in [3.05, 3.63) is 52.8 Å². The van der Waals surface area contributed by atoms with E-state index in [1.54, 1.807) is 0 Å².